The molecule has 0 bridgehead atoms. The number of alkyl halides is 3. The van der Waals surface area contributed by atoms with Gasteiger partial charge in [0.15, 0.2) is 0 Å². The van der Waals surface area contributed by atoms with Crippen molar-refractivity contribution in [1.82, 2.24) is 19.9 Å². The molecular formula is C24H32F3N5O3S. The van der Waals surface area contributed by atoms with Crippen molar-refractivity contribution in [2.75, 3.05) is 38.0 Å². The molecule has 1 saturated heterocycles. The maximum absolute atomic E-state index is 12.9. The van der Waals surface area contributed by atoms with Crippen molar-refractivity contribution >= 4 is 21.7 Å². The Morgan fingerprint density at radius 2 is 1.75 bits per heavy atom. The van der Waals surface area contributed by atoms with Gasteiger partial charge in [-0.1, -0.05) is 6.07 Å². The summed E-state index contributed by atoms with van der Waals surface area (Å²) in [6, 6.07) is 7.07. The summed E-state index contributed by atoms with van der Waals surface area (Å²) >= 11 is 0. The lowest BCUT2D eigenvalue weighted by molar-refractivity contribution is -0.137. The third-order valence-corrected chi connectivity index (χ3v) is 7.54. The minimum absolute atomic E-state index is 0.166. The summed E-state index contributed by atoms with van der Waals surface area (Å²) in [5.74, 6) is 0.319. The number of nitrogens with zero attached hydrogens (tertiary/aromatic N) is 2. The van der Waals surface area contributed by atoms with E-state index in [1.54, 1.807) is 12.1 Å². The topological polar surface area (TPSA) is 103 Å². The second-order valence-electron chi connectivity index (χ2n) is 9.02. The van der Waals surface area contributed by atoms with E-state index in [0.717, 1.165) is 55.5 Å². The molecule has 1 aromatic carbocycles. The maximum Gasteiger partial charge on any atom is 0.416 e. The van der Waals surface area contributed by atoms with Crippen LogP contribution in [-0.2, 0) is 16.2 Å². The number of nitrogens with one attached hydrogen (secondary N) is 3. The highest BCUT2D eigenvalue weighted by molar-refractivity contribution is 7.89. The third kappa shape index (κ3) is 8.45. The van der Waals surface area contributed by atoms with E-state index in [1.807, 2.05) is 13.8 Å². The maximum atomic E-state index is 12.9. The van der Waals surface area contributed by atoms with Crippen LogP contribution in [0.25, 0.3) is 0 Å². The first-order chi connectivity index (χ1) is 16.9. The van der Waals surface area contributed by atoms with Crippen LogP contribution in [0.15, 0.2) is 41.3 Å². The number of carbonyl (C=O) groups excluding carboxylic acids is 1. The standard InChI is InChI=1S/C24H32F3N5O3S/c1-17-14-21(15-18(2)30-17)31-23(33)28-10-13-32-11-7-19(8-12-32)6-9-29-36(34,35)22-5-3-4-20(16-22)24(25,26)27/h3-5,14-16,19,29H,6-13H2,1-2H3,(H2,28,30,31,33). The van der Waals surface area contributed by atoms with Gasteiger partial charge < -0.3 is 15.5 Å². The molecule has 1 aromatic heterocycles. The number of aromatic nitrogens is 1. The van der Waals surface area contributed by atoms with E-state index in [4.69, 9.17) is 0 Å². The molecule has 12 heteroatoms. The van der Waals surface area contributed by atoms with Gasteiger partial charge in [0.1, 0.15) is 0 Å². The van der Waals surface area contributed by atoms with Gasteiger partial charge in [0.2, 0.25) is 10.0 Å². The molecule has 2 heterocycles. The van der Waals surface area contributed by atoms with Crippen molar-refractivity contribution in [3.8, 4) is 0 Å². The number of rotatable bonds is 9. The molecule has 8 nitrogen and oxygen atoms in total. The number of anilines is 1. The zero-order valence-corrected chi connectivity index (χ0v) is 21.2. The van der Waals surface area contributed by atoms with Gasteiger partial charge in [-0.05, 0) is 82.4 Å². The Labute approximate surface area is 209 Å². The summed E-state index contributed by atoms with van der Waals surface area (Å²) in [5.41, 5.74) is 1.36. The normalized spacial score (nSPS) is 15.6. The number of hydrogen-bond donors (Lipinski definition) is 3. The summed E-state index contributed by atoms with van der Waals surface area (Å²) < 4.78 is 65.8. The van der Waals surface area contributed by atoms with Crippen molar-refractivity contribution in [2.24, 2.45) is 5.92 Å². The molecule has 3 rings (SSSR count). The summed E-state index contributed by atoms with van der Waals surface area (Å²) in [6.07, 6.45) is -2.23. The minimum atomic E-state index is -4.60. The Bertz CT molecular complexity index is 1130. The number of pyridine rings is 1. The van der Waals surface area contributed by atoms with Crippen molar-refractivity contribution in [2.45, 2.75) is 44.2 Å². The largest absolute Gasteiger partial charge is 0.416 e. The smallest absolute Gasteiger partial charge is 0.337 e. The summed E-state index contributed by atoms with van der Waals surface area (Å²) in [5, 5.41) is 5.65. The molecule has 1 fully saturated rings. The van der Waals surface area contributed by atoms with Crippen molar-refractivity contribution in [1.29, 1.82) is 0 Å². The fourth-order valence-electron chi connectivity index (χ4n) is 4.23. The number of halogens is 3. The Morgan fingerprint density at radius 1 is 1.08 bits per heavy atom. The van der Waals surface area contributed by atoms with Crippen molar-refractivity contribution in [3.63, 3.8) is 0 Å². The van der Waals surface area contributed by atoms with E-state index in [9.17, 15) is 26.4 Å². The van der Waals surface area contributed by atoms with Gasteiger partial charge in [-0.3, -0.25) is 4.98 Å². The van der Waals surface area contributed by atoms with Crippen LogP contribution in [0.2, 0.25) is 0 Å². The first-order valence-electron chi connectivity index (χ1n) is 11.8. The number of amides is 2. The number of piperidine rings is 1. The van der Waals surface area contributed by atoms with E-state index in [-0.39, 0.29) is 12.6 Å². The Kier molecular flexibility index (Phi) is 9.31. The number of carbonyl (C=O) groups is 1. The molecule has 0 radical (unpaired) electrons. The second-order valence-corrected chi connectivity index (χ2v) is 10.8. The van der Waals surface area contributed by atoms with Crippen LogP contribution >= 0.6 is 0 Å². The number of aryl methyl sites for hydroxylation is 2. The number of likely N-dealkylation sites (tertiary alicyclic amines) is 1. The quantitative estimate of drug-likeness (QED) is 0.459. The van der Waals surface area contributed by atoms with E-state index in [2.05, 4.69) is 25.2 Å². The Balaban J connectivity index is 1.34. The van der Waals surface area contributed by atoms with E-state index < -0.39 is 26.7 Å². The molecule has 0 aliphatic carbocycles. The lowest BCUT2D eigenvalue weighted by atomic mass is 9.94. The van der Waals surface area contributed by atoms with Crippen LogP contribution in [0.1, 0.15) is 36.2 Å². The molecular weight excluding hydrogens is 495 g/mol. The molecule has 1 aliphatic rings. The van der Waals surface area contributed by atoms with Gasteiger partial charge in [0.05, 0.1) is 10.5 Å². The van der Waals surface area contributed by atoms with Crippen LogP contribution in [-0.4, -0.2) is 57.1 Å². The van der Waals surface area contributed by atoms with Crippen molar-refractivity contribution < 1.29 is 26.4 Å². The SMILES string of the molecule is Cc1cc(NC(=O)NCCN2CCC(CCNS(=O)(=O)c3cccc(C(F)(F)F)c3)CC2)cc(C)n1. The molecule has 0 atom stereocenters. The Morgan fingerprint density at radius 3 is 2.39 bits per heavy atom. The predicted molar refractivity (Wildman–Crippen MR) is 131 cm³/mol. The first-order valence-corrected chi connectivity index (χ1v) is 13.3. The molecule has 2 aromatic rings. The van der Waals surface area contributed by atoms with E-state index in [1.165, 1.54) is 0 Å². The fourth-order valence-corrected chi connectivity index (χ4v) is 5.32. The van der Waals surface area contributed by atoms with Crippen LogP contribution in [0, 0.1) is 19.8 Å². The molecule has 0 saturated carbocycles. The summed E-state index contributed by atoms with van der Waals surface area (Å²) in [6.45, 7) is 6.76. The third-order valence-electron chi connectivity index (χ3n) is 6.08. The van der Waals surface area contributed by atoms with Crippen LogP contribution < -0.4 is 15.4 Å². The summed E-state index contributed by atoms with van der Waals surface area (Å²) in [4.78, 5) is 18.3. The highest BCUT2D eigenvalue weighted by Crippen LogP contribution is 2.30. The van der Waals surface area contributed by atoms with Gasteiger partial charge >= 0.3 is 12.2 Å². The molecule has 198 valence electrons. The van der Waals surface area contributed by atoms with Crippen molar-refractivity contribution in [3.05, 3.63) is 53.3 Å². The summed E-state index contributed by atoms with van der Waals surface area (Å²) in [7, 11) is -4.01. The average Bonchev–Trinajstić information content (AvgIpc) is 2.79. The predicted octanol–water partition coefficient (Wildman–Crippen LogP) is 3.92. The lowest BCUT2D eigenvalue weighted by Gasteiger charge is -2.32. The van der Waals surface area contributed by atoms with Gasteiger partial charge in [-0.25, -0.2) is 17.9 Å². The fraction of sp³-hybridized carbons (Fsp3) is 0.500. The monoisotopic (exact) mass is 527 g/mol. The van der Waals surface area contributed by atoms with Gasteiger partial charge in [0, 0.05) is 36.7 Å². The zero-order valence-electron chi connectivity index (χ0n) is 20.4. The van der Waals surface area contributed by atoms with Crippen LogP contribution in [0.3, 0.4) is 0 Å². The van der Waals surface area contributed by atoms with E-state index in [0.29, 0.717) is 37.2 Å². The van der Waals surface area contributed by atoms with Gasteiger partial charge in [-0.15, -0.1) is 0 Å². The molecule has 0 unspecified atom stereocenters. The van der Waals surface area contributed by atoms with E-state index >= 15 is 0 Å². The first kappa shape index (κ1) is 27.9. The number of benzene rings is 1. The number of hydrogen-bond acceptors (Lipinski definition) is 5. The second kappa shape index (κ2) is 12.0. The highest BCUT2D eigenvalue weighted by atomic mass is 32.2. The molecule has 36 heavy (non-hydrogen) atoms. The molecule has 1 aliphatic heterocycles. The number of sulfonamides is 1. The lowest BCUT2D eigenvalue weighted by Crippen LogP contribution is -2.41. The highest BCUT2D eigenvalue weighted by Gasteiger charge is 2.31. The average molecular weight is 528 g/mol. The number of urea groups is 1. The molecule has 0 spiro atoms. The minimum Gasteiger partial charge on any atom is -0.337 e. The molecule has 2 amide bonds. The molecule has 3 N–H and O–H groups in total. The Hall–Kier alpha value is -2.70. The van der Waals surface area contributed by atoms with Crippen LogP contribution in [0.4, 0.5) is 23.7 Å². The van der Waals surface area contributed by atoms with Gasteiger partial charge in [-0.2, -0.15) is 13.2 Å². The van der Waals surface area contributed by atoms with Crippen LogP contribution in [0.5, 0.6) is 0 Å². The zero-order chi connectivity index (χ0) is 26.3. The van der Waals surface area contributed by atoms with Gasteiger partial charge in [0.25, 0.3) is 0 Å².